The maximum absolute atomic E-state index is 10.1. The van der Waals surface area contributed by atoms with Crippen molar-refractivity contribution in [2.24, 2.45) is 10.7 Å². The minimum absolute atomic E-state index is 0.262. The average molecular weight is 215 g/mol. The molecule has 15 heavy (non-hydrogen) atoms. The molecule has 1 rings (SSSR count). The van der Waals surface area contributed by atoms with Crippen LogP contribution in [-0.2, 0) is 4.74 Å². The fourth-order valence-electron chi connectivity index (χ4n) is 1.48. The SMILES string of the molecule is CC(C)NC(N)=NCC1(O)CCOCC1. The Labute approximate surface area is 90.7 Å². The second-order valence-electron chi connectivity index (χ2n) is 4.34. The fraction of sp³-hybridized carbons (Fsp3) is 0.900. The van der Waals surface area contributed by atoms with Crippen molar-refractivity contribution in [2.75, 3.05) is 19.8 Å². The highest BCUT2D eigenvalue weighted by atomic mass is 16.5. The van der Waals surface area contributed by atoms with Gasteiger partial charge in [0.1, 0.15) is 0 Å². The fourth-order valence-corrected chi connectivity index (χ4v) is 1.48. The van der Waals surface area contributed by atoms with Crippen LogP contribution in [0, 0.1) is 0 Å². The molecular formula is C10H21N3O2. The van der Waals surface area contributed by atoms with Crippen LogP contribution < -0.4 is 11.1 Å². The zero-order chi connectivity index (χ0) is 11.3. The first kappa shape index (κ1) is 12.3. The Balaban J connectivity index is 2.39. The van der Waals surface area contributed by atoms with Crippen molar-refractivity contribution < 1.29 is 9.84 Å². The number of ether oxygens (including phenoxy) is 1. The molecule has 0 unspecified atom stereocenters. The van der Waals surface area contributed by atoms with E-state index in [9.17, 15) is 5.11 Å². The van der Waals surface area contributed by atoms with Gasteiger partial charge in [0.25, 0.3) is 0 Å². The van der Waals surface area contributed by atoms with Gasteiger partial charge in [-0.1, -0.05) is 0 Å². The molecule has 0 spiro atoms. The highest BCUT2D eigenvalue weighted by molar-refractivity contribution is 5.78. The van der Waals surface area contributed by atoms with E-state index in [0.29, 0.717) is 38.6 Å². The first-order chi connectivity index (χ1) is 7.02. The number of rotatable bonds is 3. The van der Waals surface area contributed by atoms with Crippen molar-refractivity contribution in [3.63, 3.8) is 0 Å². The molecule has 0 amide bonds. The second kappa shape index (κ2) is 5.32. The molecule has 4 N–H and O–H groups in total. The standard InChI is InChI=1S/C10H21N3O2/c1-8(2)13-9(11)12-7-10(14)3-5-15-6-4-10/h8,14H,3-7H2,1-2H3,(H3,11,12,13). The van der Waals surface area contributed by atoms with Crippen molar-refractivity contribution in [1.29, 1.82) is 0 Å². The topological polar surface area (TPSA) is 79.9 Å². The minimum atomic E-state index is -0.735. The van der Waals surface area contributed by atoms with E-state index >= 15 is 0 Å². The number of nitrogens with one attached hydrogen (secondary N) is 1. The van der Waals surface area contributed by atoms with E-state index in [1.807, 2.05) is 13.8 Å². The molecule has 0 bridgehead atoms. The van der Waals surface area contributed by atoms with Crippen molar-refractivity contribution in [1.82, 2.24) is 5.32 Å². The van der Waals surface area contributed by atoms with Crippen molar-refractivity contribution in [2.45, 2.75) is 38.3 Å². The van der Waals surface area contributed by atoms with Gasteiger partial charge in [-0.05, 0) is 13.8 Å². The molecule has 5 heteroatoms. The predicted molar refractivity (Wildman–Crippen MR) is 59.8 cm³/mol. The summed E-state index contributed by atoms with van der Waals surface area (Å²) in [5.74, 6) is 0.393. The van der Waals surface area contributed by atoms with E-state index < -0.39 is 5.60 Å². The molecule has 1 saturated heterocycles. The quantitative estimate of drug-likeness (QED) is 0.451. The van der Waals surface area contributed by atoms with Crippen molar-refractivity contribution in [3.05, 3.63) is 0 Å². The van der Waals surface area contributed by atoms with Crippen molar-refractivity contribution in [3.8, 4) is 0 Å². The molecule has 0 saturated carbocycles. The third-order valence-corrected chi connectivity index (χ3v) is 2.40. The summed E-state index contributed by atoms with van der Waals surface area (Å²) in [6, 6.07) is 0.262. The van der Waals surface area contributed by atoms with Gasteiger partial charge in [-0.25, -0.2) is 0 Å². The van der Waals surface area contributed by atoms with Gasteiger partial charge in [0.2, 0.25) is 0 Å². The molecule has 1 aliphatic rings. The summed E-state index contributed by atoms with van der Waals surface area (Å²) >= 11 is 0. The smallest absolute Gasteiger partial charge is 0.188 e. The van der Waals surface area contributed by atoms with Gasteiger partial charge >= 0.3 is 0 Å². The summed E-state index contributed by atoms with van der Waals surface area (Å²) in [6.07, 6.45) is 1.26. The third-order valence-electron chi connectivity index (χ3n) is 2.40. The Bertz CT molecular complexity index is 223. The predicted octanol–water partition coefficient (Wildman–Crippen LogP) is -0.159. The zero-order valence-corrected chi connectivity index (χ0v) is 9.49. The lowest BCUT2D eigenvalue weighted by Gasteiger charge is -2.30. The molecule has 88 valence electrons. The molecule has 0 aromatic carbocycles. The molecule has 0 aliphatic carbocycles. The largest absolute Gasteiger partial charge is 0.388 e. The van der Waals surface area contributed by atoms with Gasteiger partial charge in [-0.15, -0.1) is 0 Å². The first-order valence-electron chi connectivity index (χ1n) is 5.38. The first-order valence-corrected chi connectivity index (χ1v) is 5.38. The van der Waals surface area contributed by atoms with Crippen LogP contribution in [0.2, 0.25) is 0 Å². The Kier molecular flexibility index (Phi) is 4.35. The number of hydrogen-bond donors (Lipinski definition) is 3. The molecule has 0 atom stereocenters. The summed E-state index contributed by atoms with van der Waals surface area (Å²) in [6.45, 7) is 5.53. The van der Waals surface area contributed by atoms with Gasteiger partial charge in [-0.3, -0.25) is 4.99 Å². The van der Waals surface area contributed by atoms with Crippen LogP contribution >= 0.6 is 0 Å². The summed E-state index contributed by atoms with van der Waals surface area (Å²) in [4.78, 5) is 4.14. The maximum atomic E-state index is 10.1. The highest BCUT2D eigenvalue weighted by Gasteiger charge is 2.29. The number of nitrogens with two attached hydrogens (primary N) is 1. The lowest BCUT2D eigenvalue weighted by atomic mass is 9.95. The number of nitrogens with zero attached hydrogens (tertiary/aromatic N) is 1. The van der Waals surface area contributed by atoms with Crippen LogP contribution in [0.3, 0.4) is 0 Å². The van der Waals surface area contributed by atoms with Crippen molar-refractivity contribution >= 4 is 5.96 Å². The summed E-state index contributed by atoms with van der Waals surface area (Å²) in [5, 5.41) is 13.1. The molecule has 0 aromatic heterocycles. The number of aliphatic imine (C=N–C) groups is 1. The van der Waals surface area contributed by atoms with Crippen LogP contribution in [-0.4, -0.2) is 42.5 Å². The Hall–Kier alpha value is -0.810. The molecule has 1 aliphatic heterocycles. The van der Waals surface area contributed by atoms with E-state index in [-0.39, 0.29) is 6.04 Å². The van der Waals surface area contributed by atoms with E-state index in [4.69, 9.17) is 10.5 Å². The summed E-state index contributed by atoms with van der Waals surface area (Å²) in [7, 11) is 0. The van der Waals surface area contributed by atoms with E-state index in [1.165, 1.54) is 0 Å². The Morgan fingerprint density at radius 2 is 2.13 bits per heavy atom. The lowest BCUT2D eigenvalue weighted by Crippen LogP contribution is -2.42. The van der Waals surface area contributed by atoms with Crippen LogP contribution in [0.25, 0.3) is 0 Å². The van der Waals surface area contributed by atoms with Gasteiger partial charge in [0.05, 0.1) is 12.1 Å². The maximum Gasteiger partial charge on any atom is 0.188 e. The molecule has 0 aromatic rings. The van der Waals surface area contributed by atoms with Crippen LogP contribution in [0.4, 0.5) is 0 Å². The van der Waals surface area contributed by atoms with Crippen LogP contribution in [0.5, 0.6) is 0 Å². The van der Waals surface area contributed by atoms with E-state index in [0.717, 1.165) is 0 Å². The van der Waals surface area contributed by atoms with E-state index in [1.54, 1.807) is 0 Å². The summed E-state index contributed by atoms with van der Waals surface area (Å²) < 4.78 is 5.18. The second-order valence-corrected chi connectivity index (χ2v) is 4.34. The van der Waals surface area contributed by atoms with Crippen LogP contribution in [0.1, 0.15) is 26.7 Å². The number of guanidine groups is 1. The molecule has 0 radical (unpaired) electrons. The van der Waals surface area contributed by atoms with Gasteiger partial charge in [0, 0.05) is 32.1 Å². The molecule has 1 fully saturated rings. The van der Waals surface area contributed by atoms with Gasteiger partial charge < -0.3 is 20.9 Å². The zero-order valence-electron chi connectivity index (χ0n) is 9.49. The molecular weight excluding hydrogens is 194 g/mol. The minimum Gasteiger partial charge on any atom is -0.388 e. The Morgan fingerprint density at radius 1 is 1.53 bits per heavy atom. The number of aliphatic hydroxyl groups is 1. The normalized spacial score (nSPS) is 21.7. The summed E-state index contributed by atoms with van der Waals surface area (Å²) in [5.41, 5.74) is 4.91. The van der Waals surface area contributed by atoms with Crippen LogP contribution in [0.15, 0.2) is 4.99 Å². The third kappa shape index (κ3) is 4.48. The van der Waals surface area contributed by atoms with E-state index in [2.05, 4.69) is 10.3 Å². The molecule has 1 heterocycles. The molecule has 5 nitrogen and oxygen atoms in total. The average Bonchev–Trinajstić information content (AvgIpc) is 2.15. The van der Waals surface area contributed by atoms with Gasteiger partial charge in [-0.2, -0.15) is 0 Å². The lowest BCUT2D eigenvalue weighted by molar-refractivity contribution is -0.0565. The Morgan fingerprint density at radius 3 is 2.67 bits per heavy atom. The number of hydrogen-bond acceptors (Lipinski definition) is 3. The monoisotopic (exact) mass is 215 g/mol. The highest BCUT2D eigenvalue weighted by Crippen LogP contribution is 2.20. The van der Waals surface area contributed by atoms with Gasteiger partial charge in [0.15, 0.2) is 5.96 Å².